The molecular weight excluding hydrogens is 893 g/mol. The molecule has 0 amide bonds. The molecule has 0 spiro atoms. The second-order valence-electron chi connectivity index (χ2n) is 23.6. The molecule has 11 N–H and O–H groups in total. The van der Waals surface area contributed by atoms with Crippen LogP contribution in [0.25, 0.3) is 0 Å². The first kappa shape index (κ1) is 53.3. The summed E-state index contributed by atoms with van der Waals surface area (Å²) >= 11 is 0. The minimum Gasteiger partial charge on any atom is -0.396 e. The van der Waals surface area contributed by atoms with Gasteiger partial charge in [0.05, 0.1) is 44.2 Å². The lowest BCUT2D eigenvalue weighted by Gasteiger charge is -2.73. The number of methoxy groups -OCH3 is 2. The molecule has 19 heteroatoms. The first-order valence-corrected chi connectivity index (χ1v) is 24.9. The highest BCUT2D eigenvalue weighted by Crippen LogP contribution is 2.75. The summed E-state index contributed by atoms with van der Waals surface area (Å²) in [5.74, 6) is -0.190. The molecule has 26 atom stereocenters. The minimum atomic E-state index is -1.89. The molecule has 5 aliphatic carbocycles. The van der Waals surface area contributed by atoms with Gasteiger partial charge >= 0.3 is 0 Å². The smallest absolute Gasteiger partial charge is 0.187 e. The average molecular weight is 975 g/mol. The van der Waals surface area contributed by atoms with Crippen LogP contribution in [0.5, 0.6) is 0 Å². The number of fused-ring (bicyclic) bond motifs is 7. The van der Waals surface area contributed by atoms with Crippen LogP contribution in [0, 0.1) is 44.8 Å². The molecule has 3 aliphatic heterocycles. The van der Waals surface area contributed by atoms with E-state index in [1.807, 2.05) is 6.92 Å². The monoisotopic (exact) mass is 975 g/mol. The van der Waals surface area contributed by atoms with Crippen molar-refractivity contribution >= 4 is 0 Å². The molecule has 392 valence electrons. The van der Waals surface area contributed by atoms with E-state index in [0.717, 1.165) is 25.7 Å². The Morgan fingerprint density at radius 1 is 0.632 bits per heavy atom. The molecule has 3 saturated heterocycles. The summed E-state index contributed by atoms with van der Waals surface area (Å²) < 4.78 is 50.2. The lowest BCUT2D eigenvalue weighted by Crippen LogP contribution is -2.71. The molecule has 8 rings (SSSR count). The number of hydrogen-bond acceptors (Lipinski definition) is 19. The third-order valence-electron chi connectivity index (χ3n) is 19.6. The van der Waals surface area contributed by atoms with Crippen molar-refractivity contribution < 1.29 is 94.1 Å². The Bertz CT molecular complexity index is 1800. The molecule has 68 heavy (non-hydrogen) atoms. The minimum absolute atomic E-state index is 0.000794. The fourth-order valence-electron chi connectivity index (χ4n) is 15.4. The Morgan fingerprint density at radius 2 is 1.22 bits per heavy atom. The molecule has 0 bridgehead atoms. The standard InChI is InChI=1S/C49H82O19/c1-22-31(54)38(67-41-36(59)34(57)32(55)26(19-50)64-41)39(68-42-37(60)35(58)33(56)27(20-51)65-42)43(63-22)66-30-11-12-45(4)28(46(30,5)21-52)10-13-47(6)40(45)25(61-8)16-23-24-17-44(2,3)14-15-49(24,62-9)29(53)18-48(23,47)7/h16,22,24-43,50-60H,10-15,17-21H2,1-9H3/t22-,24+,25-,26-,27-,28-,29+,30+,31+,32-,33-,34+,35+,36-,37-,38+,39-,40-,41+,42+,43+,45+,46+,47-,48-,49-/m1/s1. The summed E-state index contributed by atoms with van der Waals surface area (Å²) in [5.41, 5.74) is -1.43. The molecule has 0 aromatic carbocycles. The Morgan fingerprint density at radius 3 is 1.76 bits per heavy atom. The number of aliphatic hydroxyl groups is 11. The quantitative estimate of drug-likeness (QED) is 0.0929. The summed E-state index contributed by atoms with van der Waals surface area (Å²) in [6.07, 6.45) is -18.1. The largest absolute Gasteiger partial charge is 0.396 e. The summed E-state index contributed by atoms with van der Waals surface area (Å²) in [6.45, 7) is 13.3. The summed E-state index contributed by atoms with van der Waals surface area (Å²) in [5, 5.41) is 120. The molecule has 3 heterocycles. The van der Waals surface area contributed by atoms with Crippen molar-refractivity contribution in [2.75, 3.05) is 34.0 Å². The van der Waals surface area contributed by atoms with E-state index in [-0.39, 0.29) is 41.3 Å². The molecular formula is C49H82O19. The van der Waals surface area contributed by atoms with Gasteiger partial charge in [-0.05, 0) is 85.9 Å². The van der Waals surface area contributed by atoms with Crippen LogP contribution in [0.1, 0.15) is 99.8 Å². The maximum absolute atomic E-state index is 12.3. The van der Waals surface area contributed by atoms with Crippen molar-refractivity contribution in [1.29, 1.82) is 0 Å². The van der Waals surface area contributed by atoms with E-state index in [1.54, 1.807) is 21.1 Å². The number of aliphatic hydroxyl groups excluding tert-OH is 11. The first-order valence-electron chi connectivity index (χ1n) is 24.9. The Labute approximate surface area is 399 Å². The van der Waals surface area contributed by atoms with Crippen LogP contribution in [0.2, 0.25) is 0 Å². The van der Waals surface area contributed by atoms with E-state index < -0.39 is 139 Å². The van der Waals surface area contributed by atoms with E-state index in [2.05, 4.69) is 40.7 Å². The van der Waals surface area contributed by atoms with E-state index >= 15 is 0 Å². The molecule has 0 aromatic heterocycles. The zero-order valence-electron chi connectivity index (χ0n) is 41.2. The second-order valence-corrected chi connectivity index (χ2v) is 23.6. The first-order chi connectivity index (χ1) is 31.9. The zero-order valence-corrected chi connectivity index (χ0v) is 41.2. The van der Waals surface area contributed by atoms with Crippen molar-refractivity contribution in [2.24, 2.45) is 44.8 Å². The van der Waals surface area contributed by atoms with Gasteiger partial charge in [0.2, 0.25) is 0 Å². The molecule has 7 fully saturated rings. The summed E-state index contributed by atoms with van der Waals surface area (Å²) in [7, 11) is 3.50. The van der Waals surface area contributed by atoms with Crippen molar-refractivity contribution in [3.05, 3.63) is 11.6 Å². The normalized spacial score (nSPS) is 55.8. The van der Waals surface area contributed by atoms with Crippen molar-refractivity contribution in [1.82, 2.24) is 0 Å². The van der Waals surface area contributed by atoms with E-state index in [4.69, 9.17) is 37.9 Å². The highest BCUT2D eigenvalue weighted by molar-refractivity contribution is 5.38. The molecule has 4 saturated carbocycles. The van der Waals surface area contributed by atoms with Crippen LogP contribution in [-0.2, 0) is 37.9 Å². The molecule has 0 radical (unpaired) electrons. The van der Waals surface area contributed by atoms with Crippen LogP contribution in [0.15, 0.2) is 11.6 Å². The van der Waals surface area contributed by atoms with Gasteiger partial charge in [0, 0.05) is 31.5 Å². The van der Waals surface area contributed by atoms with Crippen molar-refractivity contribution in [3.8, 4) is 0 Å². The number of hydrogen-bond donors (Lipinski definition) is 11. The van der Waals surface area contributed by atoms with E-state index in [0.29, 0.717) is 25.7 Å². The van der Waals surface area contributed by atoms with Crippen LogP contribution >= 0.6 is 0 Å². The lowest BCUT2D eigenvalue weighted by atomic mass is 9.33. The average Bonchev–Trinajstić information content (AvgIpc) is 3.30. The van der Waals surface area contributed by atoms with Crippen LogP contribution in [-0.4, -0.2) is 206 Å². The van der Waals surface area contributed by atoms with E-state index in [1.165, 1.54) is 5.57 Å². The fraction of sp³-hybridized carbons (Fsp3) is 0.959. The van der Waals surface area contributed by atoms with Gasteiger partial charge in [0.15, 0.2) is 18.9 Å². The highest BCUT2D eigenvalue weighted by Gasteiger charge is 2.73. The summed E-state index contributed by atoms with van der Waals surface area (Å²) in [4.78, 5) is 0. The maximum Gasteiger partial charge on any atom is 0.187 e. The Hall–Kier alpha value is -1.02. The Kier molecular flexibility index (Phi) is 14.9. The van der Waals surface area contributed by atoms with Gasteiger partial charge in [0.25, 0.3) is 0 Å². The van der Waals surface area contributed by atoms with Gasteiger partial charge in [-0.15, -0.1) is 0 Å². The molecule has 0 aromatic rings. The van der Waals surface area contributed by atoms with Gasteiger partial charge in [-0.25, -0.2) is 0 Å². The lowest BCUT2D eigenvalue weighted by molar-refractivity contribution is -0.398. The predicted molar refractivity (Wildman–Crippen MR) is 238 cm³/mol. The zero-order chi connectivity index (χ0) is 49.8. The third kappa shape index (κ3) is 8.12. The van der Waals surface area contributed by atoms with Crippen molar-refractivity contribution in [2.45, 2.75) is 216 Å². The van der Waals surface area contributed by atoms with Gasteiger partial charge in [-0.1, -0.05) is 53.2 Å². The predicted octanol–water partition coefficient (Wildman–Crippen LogP) is -0.384. The van der Waals surface area contributed by atoms with Crippen molar-refractivity contribution in [3.63, 3.8) is 0 Å². The third-order valence-corrected chi connectivity index (χ3v) is 19.6. The van der Waals surface area contributed by atoms with Gasteiger partial charge in [0.1, 0.15) is 72.7 Å². The molecule has 8 aliphatic rings. The molecule has 19 nitrogen and oxygen atoms in total. The SMILES string of the molecule is CO[C@@H]1C=C2[C@@H]3CC(C)(C)CC[C@]3(OC)[C@@H](O)C[C@@]2(C)[C@]2(C)CC[C@H]3[C@](C)(CO)[C@@H](O[C@@H]4O[C@H](C)[C@H](O)[C@H](O[C@@H]5O[C@H](CO)[C@@H](O)[C@H](O)[C@H]5O)[C@H]4O[C@@H]4O[C@H](CO)[C@@H](O)[C@H](O)[C@H]4O)CC[C@]3(C)[C@@H]12. The summed E-state index contributed by atoms with van der Waals surface area (Å²) in [6, 6.07) is 0. The van der Waals surface area contributed by atoms with Gasteiger partial charge in [-0.2, -0.15) is 0 Å². The van der Waals surface area contributed by atoms with Crippen LogP contribution in [0.4, 0.5) is 0 Å². The second kappa shape index (κ2) is 19.0. The molecule has 0 unspecified atom stereocenters. The number of ether oxygens (including phenoxy) is 8. The van der Waals surface area contributed by atoms with Gasteiger partial charge in [-0.3, -0.25) is 0 Å². The maximum atomic E-state index is 12.3. The fourth-order valence-corrected chi connectivity index (χ4v) is 15.4. The highest BCUT2D eigenvalue weighted by atomic mass is 16.8. The topological polar surface area (TPSA) is 296 Å². The number of rotatable bonds is 11. The van der Waals surface area contributed by atoms with Crippen LogP contribution in [0.3, 0.4) is 0 Å². The van der Waals surface area contributed by atoms with Crippen LogP contribution < -0.4 is 0 Å². The Balaban J connectivity index is 1.13. The van der Waals surface area contributed by atoms with E-state index in [9.17, 15) is 56.2 Å². The van der Waals surface area contributed by atoms with Gasteiger partial charge < -0.3 is 94.1 Å².